The first-order valence-electron chi connectivity index (χ1n) is 13.8. The number of ether oxygens (including phenoxy) is 1. The van der Waals surface area contributed by atoms with Gasteiger partial charge in [0.25, 0.3) is 5.91 Å². The molecule has 3 atom stereocenters. The Morgan fingerprint density at radius 2 is 1.76 bits per heavy atom. The molecule has 2 aliphatic heterocycles. The molecule has 41 heavy (non-hydrogen) atoms. The van der Waals surface area contributed by atoms with E-state index in [9.17, 15) is 14.4 Å². The third-order valence-corrected chi connectivity index (χ3v) is 9.07. The van der Waals surface area contributed by atoms with Crippen LogP contribution in [-0.2, 0) is 4.79 Å². The van der Waals surface area contributed by atoms with Crippen molar-refractivity contribution in [1.82, 2.24) is 15.1 Å². The number of nitrogens with one attached hydrogen (secondary N) is 1. The maximum Gasteiger partial charge on any atom is 0.325 e. The highest BCUT2D eigenvalue weighted by molar-refractivity contribution is 9.10. The van der Waals surface area contributed by atoms with E-state index < -0.39 is 12.1 Å². The number of halogens is 2. The lowest BCUT2D eigenvalue weighted by Crippen LogP contribution is -2.58. The summed E-state index contributed by atoms with van der Waals surface area (Å²) in [7, 11) is 0. The first-order chi connectivity index (χ1) is 19.8. The summed E-state index contributed by atoms with van der Waals surface area (Å²) in [6, 6.07) is 20.2. The molecule has 3 fully saturated rings. The Bertz CT molecular complexity index is 1470. The third kappa shape index (κ3) is 5.65. The summed E-state index contributed by atoms with van der Waals surface area (Å²) in [4.78, 5) is 46.3. The average molecular weight is 638 g/mol. The number of amides is 4. The maximum atomic E-state index is 14.0. The average Bonchev–Trinajstić information content (AvgIpc) is 3.76. The maximum absolute atomic E-state index is 14.0. The molecule has 3 aromatic carbocycles. The van der Waals surface area contributed by atoms with Gasteiger partial charge in [0.2, 0.25) is 5.91 Å². The van der Waals surface area contributed by atoms with Gasteiger partial charge in [0.15, 0.2) is 0 Å². The number of hydrogen-bond acceptors (Lipinski definition) is 4. The van der Waals surface area contributed by atoms with E-state index in [1.165, 1.54) is 0 Å². The van der Waals surface area contributed by atoms with Gasteiger partial charge in [0.1, 0.15) is 11.8 Å². The van der Waals surface area contributed by atoms with E-state index in [4.69, 9.17) is 16.3 Å². The van der Waals surface area contributed by atoms with Crippen LogP contribution >= 0.6 is 27.5 Å². The van der Waals surface area contributed by atoms with E-state index in [-0.39, 0.29) is 36.5 Å². The zero-order valence-corrected chi connectivity index (χ0v) is 24.8. The van der Waals surface area contributed by atoms with Crippen LogP contribution in [0.25, 0.3) is 0 Å². The van der Waals surface area contributed by atoms with Gasteiger partial charge in [-0.2, -0.15) is 0 Å². The van der Waals surface area contributed by atoms with Crippen molar-refractivity contribution in [2.24, 2.45) is 0 Å². The molecule has 1 N–H and O–H groups in total. The predicted octanol–water partition coefficient (Wildman–Crippen LogP) is 5.66. The number of anilines is 1. The smallest absolute Gasteiger partial charge is 0.325 e. The van der Waals surface area contributed by atoms with Gasteiger partial charge in [0, 0.05) is 35.4 Å². The Morgan fingerprint density at radius 1 is 1.02 bits per heavy atom. The van der Waals surface area contributed by atoms with E-state index in [1.807, 2.05) is 61.5 Å². The molecule has 0 spiro atoms. The van der Waals surface area contributed by atoms with Crippen LogP contribution in [0.4, 0.5) is 10.5 Å². The number of nitrogens with zero attached hydrogens (tertiary/aromatic N) is 3. The fraction of sp³-hybridized carbons (Fsp3) is 0.323. The number of hydrogen-bond donors (Lipinski definition) is 1. The van der Waals surface area contributed by atoms with Crippen LogP contribution in [-0.4, -0.2) is 65.5 Å². The molecule has 0 radical (unpaired) electrons. The van der Waals surface area contributed by atoms with Crippen molar-refractivity contribution in [2.75, 3.05) is 24.5 Å². The van der Waals surface area contributed by atoms with Gasteiger partial charge >= 0.3 is 6.03 Å². The fourth-order valence-electron chi connectivity index (χ4n) is 5.49. The van der Waals surface area contributed by atoms with Crippen LogP contribution in [0.15, 0.2) is 77.3 Å². The van der Waals surface area contributed by atoms with Crippen LogP contribution in [0.1, 0.15) is 41.7 Å². The lowest BCUT2D eigenvalue weighted by atomic mass is 10.0. The molecule has 2 unspecified atom stereocenters. The largest absolute Gasteiger partial charge is 0.490 e. The summed E-state index contributed by atoms with van der Waals surface area (Å²) in [6.45, 7) is 2.81. The van der Waals surface area contributed by atoms with Crippen LogP contribution in [0.3, 0.4) is 0 Å². The number of rotatable bonds is 7. The van der Waals surface area contributed by atoms with Gasteiger partial charge in [-0.1, -0.05) is 41.9 Å². The van der Waals surface area contributed by atoms with Gasteiger partial charge in [-0.3, -0.25) is 14.5 Å². The zero-order valence-electron chi connectivity index (χ0n) is 22.5. The topological polar surface area (TPSA) is 82.2 Å². The molecule has 8 nitrogen and oxygen atoms in total. The molecule has 6 rings (SSSR count). The van der Waals surface area contributed by atoms with Gasteiger partial charge in [-0.25, -0.2) is 4.79 Å². The Morgan fingerprint density at radius 3 is 2.44 bits per heavy atom. The third-order valence-electron chi connectivity index (χ3n) is 7.84. The predicted molar refractivity (Wildman–Crippen MR) is 160 cm³/mol. The van der Waals surface area contributed by atoms with Crippen LogP contribution in [0, 0.1) is 0 Å². The van der Waals surface area contributed by atoms with Crippen molar-refractivity contribution >= 4 is 51.1 Å². The molecule has 0 bridgehead atoms. The van der Waals surface area contributed by atoms with E-state index in [1.54, 1.807) is 32.9 Å². The minimum absolute atomic E-state index is 0.191. The highest BCUT2D eigenvalue weighted by Gasteiger charge is 2.52. The van der Waals surface area contributed by atoms with Crippen molar-refractivity contribution in [3.63, 3.8) is 0 Å². The molecule has 0 aromatic heterocycles. The molecular formula is C31H30BrClN4O4. The Balaban J connectivity index is 1.29. The molecule has 2 heterocycles. The van der Waals surface area contributed by atoms with Crippen molar-refractivity contribution in [3.05, 3.63) is 93.4 Å². The molecule has 1 saturated carbocycles. The second-order valence-electron chi connectivity index (χ2n) is 10.7. The summed E-state index contributed by atoms with van der Waals surface area (Å²) < 4.78 is 6.59. The summed E-state index contributed by atoms with van der Waals surface area (Å²) in [5.74, 6) is 0.272. The SMILES string of the molecule is C[C@H](NC(=O)C1C2CN(C(=O)c3ccc(Br)c(Cl)c3)CCN2C(=O)N1c1ccc(OC2CC2)cc1)c1ccccc1. The van der Waals surface area contributed by atoms with E-state index in [0.717, 1.165) is 24.2 Å². The van der Waals surface area contributed by atoms with Gasteiger partial charge in [0.05, 0.1) is 23.2 Å². The minimum atomic E-state index is -0.840. The molecule has 10 heteroatoms. The summed E-state index contributed by atoms with van der Waals surface area (Å²) >= 11 is 9.63. The molecule has 3 aliphatic rings. The Kier molecular flexibility index (Phi) is 7.66. The van der Waals surface area contributed by atoms with Crippen LogP contribution in [0.2, 0.25) is 5.02 Å². The number of benzene rings is 3. The van der Waals surface area contributed by atoms with Crippen molar-refractivity contribution in [1.29, 1.82) is 0 Å². The second kappa shape index (κ2) is 11.4. The molecule has 212 valence electrons. The van der Waals surface area contributed by atoms with Gasteiger partial charge < -0.3 is 19.9 Å². The standard InChI is InChI=1S/C31H30BrClN4O4/c1-19(20-5-3-2-4-6-20)34-29(38)28-27-18-35(30(39)21-7-14-25(32)26(33)17-21)15-16-36(27)31(40)37(28)22-8-10-23(11-9-22)41-24-12-13-24/h2-11,14,17,19,24,27-28H,12-13,15-16,18H2,1H3,(H,34,38)/t19-,27?,28?/m0/s1. The molecular weight excluding hydrogens is 608 g/mol. The number of urea groups is 1. The quantitative estimate of drug-likeness (QED) is 0.363. The first kappa shape index (κ1) is 27.6. The minimum Gasteiger partial charge on any atom is -0.490 e. The molecule has 3 aromatic rings. The van der Waals surface area contributed by atoms with E-state index in [0.29, 0.717) is 33.8 Å². The number of piperazine rings is 1. The molecule has 1 aliphatic carbocycles. The van der Waals surface area contributed by atoms with Crippen molar-refractivity contribution in [3.8, 4) is 5.75 Å². The lowest BCUT2D eigenvalue weighted by molar-refractivity contribution is -0.123. The van der Waals surface area contributed by atoms with Crippen LogP contribution < -0.4 is 15.0 Å². The van der Waals surface area contributed by atoms with Crippen LogP contribution in [0.5, 0.6) is 5.75 Å². The second-order valence-corrected chi connectivity index (χ2v) is 12.0. The van der Waals surface area contributed by atoms with Crippen molar-refractivity contribution in [2.45, 2.75) is 44.0 Å². The Labute approximate surface area is 252 Å². The zero-order chi connectivity index (χ0) is 28.7. The molecule has 4 amide bonds. The van der Waals surface area contributed by atoms with Gasteiger partial charge in [-0.05, 0) is 83.7 Å². The fourth-order valence-corrected chi connectivity index (χ4v) is 5.92. The number of carbonyl (C=O) groups excluding carboxylic acids is 3. The summed E-state index contributed by atoms with van der Waals surface area (Å²) in [6.07, 6.45) is 2.35. The monoisotopic (exact) mass is 636 g/mol. The summed E-state index contributed by atoms with van der Waals surface area (Å²) in [5, 5.41) is 3.56. The number of fused-ring (bicyclic) bond motifs is 1. The highest BCUT2D eigenvalue weighted by atomic mass is 79.9. The Hall–Kier alpha value is -3.56. The van der Waals surface area contributed by atoms with E-state index in [2.05, 4.69) is 21.2 Å². The summed E-state index contributed by atoms with van der Waals surface area (Å²) in [5.41, 5.74) is 2.03. The van der Waals surface area contributed by atoms with E-state index >= 15 is 0 Å². The van der Waals surface area contributed by atoms with Gasteiger partial charge in [-0.15, -0.1) is 0 Å². The highest BCUT2D eigenvalue weighted by Crippen LogP contribution is 2.35. The normalized spacial score (nSPS) is 21.0. The molecule has 2 saturated heterocycles. The first-order valence-corrected chi connectivity index (χ1v) is 14.9. The number of carbonyl (C=O) groups is 3. The van der Waals surface area contributed by atoms with Crippen molar-refractivity contribution < 1.29 is 19.1 Å². The lowest BCUT2D eigenvalue weighted by Gasteiger charge is -2.38.